The van der Waals surface area contributed by atoms with Crippen molar-refractivity contribution >= 4 is 0 Å². The van der Waals surface area contributed by atoms with Crippen LogP contribution in [-0.2, 0) is 12.8 Å². The van der Waals surface area contributed by atoms with Gasteiger partial charge in [-0.1, -0.05) is 75.3 Å². The zero-order valence-corrected chi connectivity index (χ0v) is 21.0. The first-order valence-corrected chi connectivity index (χ1v) is 14.1. The van der Waals surface area contributed by atoms with Crippen LogP contribution in [-0.4, -0.2) is 0 Å². The smallest absolute Gasteiger partial charge is 0.0130 e. The van der Waals surface area contributed by atoms with Crippen LogP contribution in [0.4, 0.5) is 0 Å². The second kappa shape index (κ2) is 13.7. The first kappa shape index (κ1) is 32.2. The van der Waals surface area contributed by atoms with Gasteiger partial charge in [0.1, 0.15) is 0 Å². The summed E-state index contributed by atoms with van der Waals surface area (Å²) in [5, 5.41) is 0. The largest absolute Gasteiger partial charge is 0.0776 e. The molecule has 3 saturated carbocycles. The minimum Gasteiger partial charge on any atom is -0.0776 e. The normalized spacial score (nSPS) is 34.0. The third kappa shape index (κ3) is 6.76. The lowest BCUT2D eigenvalue weighted by molar-refractivity contribution is 0.122. The lowest BCUT2D eigenvalue weighted by atomic mass is 9.60. The van der Waals surface area contributed by atoms with Gasteiger partial charge in [0.25, 0.3) is 0 Å². The molecular formula is C35H64. The molecule has 0 aliphatic heterocycles. The Kier molecular flexibility index (Phi) is 12.6. The fourth-order valence-electron chi connectivity index (χ4n) is 8.44. The molecule has 204 valence electrons. The van der Waals surface area contributed by atoms with Crippen LogP contribution in [0, 0.1) is 49.4 Å². The molecule has 4 aliphatic carbocycles. The highest BCUT2D eigenvalue weighted by atomic mass is 14.4. The summed E-state index contributed by atoms with van der Waals surface area (Å²) in [5.74, 6) is 6.86. The molecule has 5 rings (SSSR count). The van der Waals surface area contributed by atoms with Gasteiger partial charge in [0.05, 0.1) is 0 Å². The predicted octanol–water partition coefficient (Wildman–Crippen LogP) is 11.5. The highest BCUT2D eigenvalue weighted by molar-refractivity contribution is 5.48. The van der Waals surface area contributed by atoms with Gasteiger partial charge < -0.3 is 0 Å². The molecule has 3 unspecified atom stereocenters. The van der Waals surface area contributed by atoms with E-state index in [-0.39, 0.29) is 29.7 Å². The second-order valence-corrected chi connectivity index (χ2v) is 12.7. The molecule has 0 spiro atoms. The summed E-state index contributed by atoms with van der Waals surface area (Å²) >= 11 is 0. The molecule has 1 aromatic rings. The molecule has 4 aliphatic rings. The maximum Gasteiger partial charge on any atom is -0.0130 e. The van der Waals surface area contributed by atoms with Crippen molar-refractivity contribution in [2.24, 2.45) is 35.5 Å². The first-order chi connectivity index (χ1) is 15.0. The third-order valence-corrected chi connectivity index (χ3v) is 10.6. The van der Waals surface area contributed by atoms with Gasteiger partial charge in [0, 0.05) is 0 Å². The Bertz CT molecular complexity index is 757. The monoisotopic (exact) mass is 485 g/mol. The number of hydrogen-bond acceptors (Lipinski definition) is 0. The van der Waals surface area contributed by atoms with Gasteiger partial charge >= 0.3 is 0 Å². The summed E-state index contributed by atoms with van der Waals surface area (Å²) < 4.78 is 0. The second-order valence-electron chi connectivity index (χ2n) is 12.7. The highest BCUT2D eigenvalue weighted by Gasteiger charge is 2.39. The van der Waals surface area contributed by atoms with Crippen LogP contribution >= 0.6 is 0 Å². The van der Waals surface area contributed by atoms with Gasteiger partial charge in [0.2, 0.25) is 0 Å². The topological polar surface area (TPSA) is 0 Å². The van der Waals surface area contributed by atoms with Crippen molar-refractivity contribution in [3.05, 3.63) is 33.9 Å². The van der Waals surface area contributed by atoms with Crippen molar-refractivity contribution in [1.82, 2.24) is 0 Å². The van der Waals surface area contributed by atoms with E-state index >= 15 is 0 Å². The van der Waals surface area contributed by atoms with E-state index < -0.39 is 0 Å². The van der Waals surface area contributed by atoms with Gasteiger partial charge in [0.15, 0.2) is 0 Å². The minimum atomic E-state index is 0. The summed E-state index contributed by atoms with van der Waals surface area (Å²) in [5.41, 5.74) is 8.65. The Morgan fingerprint density at radius 3 is 1.86 bits per heavy atom. The molecule has 0 radical (unpaired) electrons. The van der Waals surface area contributed by atoms with E-state index in [2.05, 4.69) is 33.8 Å². The summed E-state index contributed by atoms with van der Waals surface area (Å²) in [6, 6.07) is 2.68. The molecule has 3 atom stereocenters. The van der Waals surface area contributed by atoms with Crippen molar-refractivity contribution in [3.8, 4) is 0 Å². The molecule has 0 nitrogen and oxygen atoms in total. The molecule has 0 bridgehead atoms. The van der Waals surface area contributed by atoms with Crippen LogP contribution in [0.3, 0.4) is 0 Å². The molecule has 3 fully saturated rings. The van der Waals surface area contributed by atoms with Crippen molar-refractivity contribution in [2.45, 2.75) is 153 Å². The lowest BCUT2D eigenvalue weighted by Gasteiger charge is -2.45. The number of rotatable bonds is 3. The van der Waals surface area contributed by atoms with E-state index in [0.29, 0.717) is 0 Å². The van der Waals surface area contributed by atoms with Gasteiger partial charge in [-0.25, -0.2) is 0 Å². The lowest BCUT2D eigenvalue weighted by Crippen LogP contribution is -2.33. The number of hydrogen-bond donors (Lipinski definition) is 0. The quantitative estimate of drug-likeness (QED) is 0.400. The van der Waals surface area contributed by atoms with Crippen molar-refractivity contribution in [2.75, 3.05) is 0 Å². The fraction of sp³-hybridized carbons (Fsp3) is 0.829. The Morgan fingerprint density at radius 2 is 1.23 bits per heavy atom. The molecule has 0 heterocycles. The summed E-state index contributed by atoms with van der Waals surface area (Å²) in [4.78, 5) is 0. The number of fused-ring (bicyclic) bond motifs is 3. The molecule has 35 heavy (non-hydrogen) atoms. The first-order valence-electron chi connectivity index (χ1n) is 14.1. The van der Waals surface area contributed by atoms with E-state index in [4.69, 9.17) is 0 Å². The molecular weight excluding hydrogens is 420 g/mol. The van der Waals surface area contributed by atoms with E-state index in [1.165, 1.54) is 83.5 Å². The number of aryl methyl sites for hydroxylation is 1. The highest BCUT2D eigenvalue weighted by Crippen LogP contribution is 2.51. The van der Waals surface area contributed by atoms with Crippen molar-refractivity contribution in [1.29, 1.82) is 0 Å². The summed E-state index contributed by atoms with van der Waals surface area (Å²) in [7, 11) is 0. The van der Waals surface area contributed by atoms with Crippen LogP contribution in [0.1, 0.15) is 154 Å². The summed E-state index contributed by atoms with van der Waals surface area (Å²) in [6.45, 7) is 9.85. The van der Waals surface area contributed by atoms with Crippen LogP contribution < -0.4 is 0 Å². The molecule has 0 heteroatoms. The Morgan fingerprint density at radius 1 is 0.657 bits per heavy atom. The molecule has 0 saturated heterocycles. The zero-order valence-electron chi connectivity index (χ0n) is 21.0. The average molecular weight is 485 g/mol. The molecule has 0 N–H and O–H groups in total. The van der Waals surface area contributed by atoms with Crippen molar-refractivity contribution < 1.29 is 0 Å². The van der Waals surface area contributed by atoms with E-state index in [1.54, 1.807) is 34.2 Å². The van der Waals surface area contributed by atoms with Crippen molar-refractivity contribution in [3.63, 3.8) is 0 Å². The molecule has 0 amide bonds. The Labute approximate surface area is 222 Å². The van der Waals surface area contributed by atoms with Crippen LogP contribution in [0.25, 0.3) is 0 Å². The van der Waals surface area contributed by atoms with Gasteiger partial charge in [-0.15, -0.1) is 0 Å². The maximum atomic E-state index is 2.68. The van der Waals surface area contributed by atoms with Gasteiger partial charge in [-0.2, -0.15) is 0 Å². The van der Waals surface area contributed by atoms with E-state index in [0.717, 1.165) is 41.4 Å². The standard InChI is InChI=1S/C31H48.4CH4/c1-20-5-9-24(10-6-20)18-30-22(3)17-31-28(23(30)4)15-14-27-19-26(13-16-29(27)31)25-11-7-21(2)8-12-25;;;;/h17,20-21,24-27,29H,5-16,18-19H2,1-4H3;4*1H4. The Hall–Kier alpha value is -0.780. The van der Waals surface area contributed by atoms with E-state index in [1.807, 2.05) is 0 Å². The predicted molar refractivity (Wildman–Crippen MR) is 161 cm³/mol. The van der Waals surface area contributed by atoms with Crippen LogP contribution in [0.15, 0.2) is 6.07 Å². The number of benzene rings is 1. The molecule has 0 aromatic heterocycles. The third-order valence-electron chi connectivity index (χ3n) is 10.6. The molecule has 1 aromatic carbocycles. The van der Waals surface area contributed by atoms with E-state index in [9.17, 15) is 0 Å². The van der Waals surface area contributed by atoms with Crippen LogP contribution in [0.2, 0.25) is 0 Å². The van der Waals surface area contributed by atoms with Gasteiger partial charge in [-0.05, 0) is 147 Å². The fourth-order valence-corrected chi connectivity index (χ4v) is 8.44. The van der Waals surface area contributed by atoms with Gasteiger partial charge in [-0.3, -0.25) is 0 Å². The maximum absolute atomic E-state index is 2.68. The summed E-state index contributed by atoms with van der Waals surface area (Å²) in [6.07, 6.45) is 20.6. The zero-order chi connectivity index (χ0) is 21.5. The van der Waals surface area contributed by atoms with Crippen LogP contribution in [0.5, 0.6) is 0 Å². The average Bonchev–Trinajstić information content (AvgIpc) is 2.78. The minimum absolute atomic E-state index is 0. The Balaban J connectivity index is 0.00000153. The SMILES string of the molecule is C.C.C.C.Cc1cc2c(c(C)c1CC1CCC(C)CC1)CCC1CC(C3CCC(C)CC3)CCC21.